The summed E-state index contributed by atoms with van der Waals surface area (Å²) in [6, 6.07) is 5.44. The number of benzene rings is 1. The fraction of sp³-hybridized carbons (Fsp3) is 0.529. The number of carbonyl (C=O) groups is 2. The molecule has 1 N–H and O–H groups in total. The average Bonchev–Trinajstić information content (AvgIpc) is 3.16. The van der Waals surface area contributed by atoms with Crippen molar-refractivity contribution in [2.45, 2.75) is 13.0 Å². The van der Waals surface area contributed by atoms with Gasteiger partial charge in [-0.05, 0) is 24.6 Å². The largest absolute Gasteiger partial charge is 0.496 e. The standard InChI is InChI=1S/C17H23N3O3S/c1-12-3-4-13(9-15(12)23-2)16(21)19-5-7-20(8-6-19)17(22)14-10-24-11-18-14/h3-4,9,14,18H,5-8,10-11H2,1-2H3. The second kappa shape index (κ2) is 7.44. The minimum atomic E-state index is -0.0707. The lowest BCUT2D eigenvalue weighted by molar-refractivity contribution is -0.134. The number of thioether (sulfide) groups is 1. The van der Waals surface area contributed by atoms with Crippen molar-refractivity contribution in [2.24, 2.45) is 0 Å². The third-order valence-corrected chi connectivity index (χ3v) is 5.49. The molecule has 1 aromatic carbocycles. The van der Waals surface area contributed by atoms with Gasteiger partial charge in [0.15, 0.2) is 0 Å². The maximum atomic E-state index is 12.7. The number of hydrogen-bond acceptors (Lipinski definition) is 5. The Balaban J connectivity index is 1.59. The Morgan fingerprint density at radius 2 is 1.92 bits per heavy atom. The summed E-state index contributed by atoms with van der Waals surface area (Å²) in [7, 11) is 1.61. The number of hydrogen-bond donors (Lipinski definition) is 1. The summed E-state index contributed by atoms with van der Waals surface area (Å²) < 4.78 is 5.30. The van der Waals surface area contributed by atoms with E-state index in [1.807, 2.05) is 28.9 Å². The summed E-state index contributed by atoms with van der Waals surface area (Å²) in [5.41, 5.74) is 1.64. The van der Waals surface area contributed by atoms with Gasteiger partial charge in [-0.2, -0.15) is 0 Å². The molecule has 2 aliphatic rings. The minimum Gasteiger partial charge on any atom is -0.496 e. The van der Waals surface area contributed by atoms with E-state index in [-0.39, 0.29) is 17.9 Å². The van der Waals surface area contributed by atoms with Crippen LogP contribution >= 0.6 is 11.8 Å². The third kappa shape index (κ3) is 3.52. The fourth-order valence-corrected chi connectivity index (χ4v) is 3.97. The summed E-state index contributed by atoms with van der Waals surface area (Å²) in [6.45, 7) is 4.28. The highest BCUT2D eigenvalue weighted by molar-refractivity contribution is 7.99. The van der Waals surface area contributed by atoms with Crippen molar-refractivity contribution in [2.75, 3.05) is 44.9 Å². The van der Waals surface area contributed by atoms with Crippen LogP contribution < -0.4 is 10.1 Å². The Morgan fingerprint density at radius 3 is 2.54 bits per heavy atom. The molecular formula is C17H23N3O3S. The highest BCUT2D eigenvalue weighted by Gasteiger charge is 2.30. The van der Waals surface area contributed by atoms with E-state index < -0.39 is 0 Å². The van der Waals surface area contributed by atoms with Gasteiger partial charge in [0, 0.05) is 43.4 Å². The van der Waals surface area contributed by atoms with Gasteiger partial charge in [0.25, 0.3) is 5.91 Å². The van der Waals surface area contributed by atoms with Gasteiger partial charge >= 0.3 is 0 Å². The number of carbonyl (C=O) groups excluding carboxylic acids is 2. The summed E-state index contributed by atoms with van der Waals surface area (Å²) in [5, 5.41) is 3.21. The van der Waals surface area contributed by atoms with Crippen molar-refractivity contribution in [3.05, 3.63) is 29.3 Å². The van der Waals surface area contributed by atoms with Gasteiger partial charge in [-0.1, -0.05) is 6.07 Å². The number of methoxy groups -OCH3 is 1. The van der Waals surface area contributed by atoms with Crippen molar-refractivity contribution < 1.29 is 14.3 Å². The molecule has 3 rings (SSSR count). The maximum Gasteiger partial charge on any atom is 0.254 e. The first kappa shape index (κ1) is 17.1. The molecule has 2 aliphatic heterocycles. The van der Waals surface area contributed by atoms with Crippen LogP contribution in [-0.2, 0) is 4.79 Å². The van der Waals surface area contributed by atoms with Gasteiger partial charge in [-0.15, -0.1) is 11.8 Å². The number of piperazine rings is 1. The Morgan fingerprint density at radius 1 is 1.21 bits per heavy atom. The zero-order chi connectivity index (χ0) is 17.1. The average molecular weight is 349 g/mol. The Hall–Kier alpha value is -1.73. The second-order valence-electron chi connectivity index (χ2n) is 6.07. The van der Waals surface area contributed by atoms with Gasteiger partial charge in [0.2, 0.25) is 5.91 Å². The van der Waals surface area contributed by atoms with E-state index >= 15 is 0 Å². The normalized spacial score (nSPS) is 21.0. The molecule has 2 amide bonds. The van der Waals surface area contributed by atoms with Crippen LogP contribution in [0.4, 0.5) is 0 Å². The molecule has 0 saturated carbocycles. The van der Waals surface area contributed by atoms with E-state index in [1.54, 1.807) is 24.9 Å². The van der Waals surface area contributed by atoms with Gasteiger partial charge in [0.05, 0.1) is 13.2 Å². The molecule has 2 fully saturated rings. The quantitative estimate of drug-likeness (QED) is 0.880. The number of nitrogens with zero attached hydrogens (tertiary/aromatic N) is 2. The van der Waals surface area contributed by atoms with Crippen LogP contribution in [0, 0.1) is 6.92 Å². The molecular weight excluding hydrogens is 326 g/mol. The molecule has 2 heterocycles. The van der Waals surface area contributed by atoms with Crippen molar-refractivity contribution in [1.29, 1.82) is 0 Å². The van der Waals surface area contributed by atoms with Crippen LogP contribution in [0.5, 0.6) is 5.75 Å². The third-order valence-electron chi connectivity index (χ3n) is 4.55. The lowest BCUT2D eigenvalue weighted by Gasteiger charge is -2.36. The molecule has 0 aromatic heterocycles. The van der Waals surface area contributed by atoms with Gasteiger partial charge in [0.1, 0.15) is 5.75 Å². The van der Waals surface area contributed by atoms with Crippen molar-refractivity contribution in [3.63, 3.8) is 0 Å². The van der Waals surface area contributed by atoms with E-state index in [0.29, 0.717) is 31.7 Å². The second-order valence-corrected chi connectivity index (χ2v) is 7.10. The van der Waals surface area contributed by atoms with Crippen molar-refractivity contribution in [3.8, 4) is 5.75 Å². The molecule has 24 heavy (non-hydrogen) atoms. The van der Waals surface area contributed by atoms with Crippen LogP contribution in [0.1, 0.15) is 15.9 Å². The summed E-state index contributed by atoms with van der Waals surface area (Å²) in [5.74, 6) is 2.55. The van der Waals surface area contributed by atoms with Crippen LogP contribution in [-0.4, -0.2) is 72.6 Å². The van der Waals surface area contributed by atoms with E-state index in [9.17, 15) is 9.59 Å². The van der Waals surface area contributed by atoms with E-state index in [1.165, 1.54) is 0 Å². The lowest BCUT2D eigenvalue weighted by atomic mass is 10.1. The van der Waals surface area contributed by atoms with Crippen LogP contribution in [0.3, 0.4) is 0 Å². The number of aryl methyl sites for hydroxylation is 1. The monoisotopic (exact) mass is 349 g/mol. The van der Waals surface area contributed by atoms with E-state index in [2.05, 4.69) is 5.32 Å². The molecule has 0 aliphatic carbocycles. The first-order valence-electron chi connectivity index (χ1n) is 8.14. The summed E-state index contributed by atoms with van der Waals surface area (Å²) >= 11 is 1.75. The minimum absolute atomic E-state index is 0.00468. The predicted molar refractivity (Wildman–Crippen MR) is 94.5 cm³/mol. The summed E-state index contributed by atoms with van der Waals surface area (Å²) in [6.07, 6.45) is 0. The highest BCUT2D eigenvalue weighted by Crippen LogP contribution is 2.21. The lowest BCUT2D eigenvalue weighted by Crippen LogP contribution is -2.54. The first-order valence-corrected chi connectivity index (χ1v) is 9.29. The van der Waals surface area contributed by atoms with E-state index in [4.69, 9.17) is 4.74 Å². The molecule has 6 nitrogen and oxygen atoms in total. The molecule has 1 aromatic rings. The van der Waals surface area contributed by atoms with Crippen LogP contribution in [0.25, 0.3) is 0 Å². The Labute approximate surface area is 146 Å². The van der Waals surface area contributed by atoms with Crippen LogP contribution in [0.2, 0.25) is 0 Å². The number of amides is 2. The number of nitrogens with one attached hydrogen (secondary N) is 1. The molecule has 0 bridgehead atoms. The van der Waals surface area contributed by atoms with E-state index in [0.717, 1.165) is 22.9 Å². The first-order chi connectivity index (χ1) is 11.6. The topological polar surface area (TPSA) is 61.9 Å². The van der Waals surface area contributed by atoms with Gasteiger partial charge < -0.3 is 14.5 Å². The van der Waals surface area contributed by atoms with Gasteiger partial charge in [-0.3, -0.25) is 14.9 Å². The maximum absolute atomic E-state index is 12.7. The van der Waals surface area contributed by atoms with Crippen molar-refractivity contribution >= 4 is 23.6 Å². The molecule has 130 valence electrons. The smallest absolute Gasteiger partial charge is 0.254 e. The molecule has 7 heteroatoms. The number of rotatable bonds is 3. The molecule has 0 radical (unpaired) electrons. The highest BCUT2D eigenvalue weighted by atomic mass is 32.2. The predicted octanol–water partition coefficient (Wildman–Crippen LogP) is 0.951. The van der Waals surface area contributed by atoms with Crippen molar-refractivity contribution in [1.82, 2.24) is 15.1 Å². The fourth-order valence-electron chi connectivity index (χ4n) is 3.04. The molecule has 1 unspecified atom stereocenters. The van der Waals surface area contributed by atoms with Crippen LogP contribution in [0.15, 0.2) is 18.2 Å². The molecule has 0 spiro atoms. The zero-order valence-corrected chi connectivity index (χ0v) is 14.9. The molecule has 2 saturated heterocycles. The van der Waals surface area contributed by atoms with Gasteiger partial charge in [-0.25, -0.2) is 0 Å². The zero-order valence-electron chi connectivity index (χ0n) is 14.1. The number of ether oxygens (including phenoxy) is 1. The SMILES string of the molecule is COc1cc(C(=O)N2CCN(C(=O)C3CSCN3)CC2)ccc1C. The summed E-state index contributed by atoms with van der Waals surface area (Å²) in [4.78, 5) is 28.7. The Kier molecular flexibility index (Phi) is 5.30. The molecule has 1 atom stereocenters. The Bertz CT molecular complexity index is 624.